The lowest BCUT2D eigenvalue weighted by molar-refractivity contribution is 0.102. The van der Waals surface area contributed by atoms with Gasteiger partial charge in [0.15, 0.2) is 5.17 Å². The van der Waals surface area contributed by atoms with Crippen LogP contribution in [0.25, 0.3) is 0 Å². The molecule has 5 N–H and O–H groups in total. The molecule has 1 aromatic heterocycles. The Morgan fingerprint density at radius 3 is 2.89 bits per heavy atom. The van der Waals surface area contributed by atoms with Gasteiger partial charge in [-0.25, -0.2) is 9.37 Å². The summed E-state index contributed by atoms with van der Waals surface area (Å²) in [4.78, 5) is 21.0. The number of rotatable bonds is 6. The Morgan fingerprint density at radius 1 is 1.39 bits per heavy atom. The molecule has 1 aliphatic rings. The van der Waals surface area contributed by atoms with Crippen molar-refractivity contribution in [1.29, 1.82) is 0 Å². The van der Waals surface area contributed by atoms with E-state index in [1.54, 1.807) is 18.2 Å². The van der Waals surface area contributed by atoms with Crippen LogP contribution >= 0.6 is 11.8 Å². The Balaban J connectivity index is 1.78. The number of anilines is 1. The number of thioether (sulfide) groups is 1. The Labute approximate surface area is 166 Å². The maximum Gasteiger partial charge on any atom is 0.274 e. The average molecular weight is 403 g/mol. The third-order valence-electron chi connectivity index (χ3n) is 4.36. The first-order valence-corrected chi connectivity index (χ1v) is 9.78. The zero-order valence-electron chi connectivity index (χ0n) is 15.4. The van der Waals surface area contributed by atoms with Crippen molar-refractivity contribution in [2.24, 2.45) is 16.5 Å². The summed E-state index contributed by atoms with van der Waals surface area (Å²) < 4.78 is 19.8. The van der Waals surface area contributed by atoms with E-state index in [0.717, 1.165) is 5.75 Å². The van der Waals surface area contributed by atoms with Crippen LogP contribution < -0.4 is 21.5 Å². The minimum absolute atomic E-state index is 0.216. The lowest BCUT2D eigenvalue weighted by Crippen LogP contribution is -2.29. The van der Waals surface area contributed by atoms with Crippen molar-refractivity contribution in [2.45, 2.75) is 18.9 Å². The maximum atomic E-state index is 14.5. The summed E-state index contributed by atoms with van der Waals surface area (Å²) >= 11 is 1.45. The van der Waals surface area contributed by atoms with Gasteiger partial charge in [0, 0.05) is 23.5 Å². The van der Waals surface area contributed by atoms with Crippen LogP contribution in [0, 0.1) is 5.82 Å². The van der Waals surface area contributed by atoms with Crippen molar-refractivity contribution in [2.75, 3.05) is 24.2 Å². The highest BCUT2D eigenvalue weighted by Gasteiger charge is 2.32. The largest absolute Gasteiger partial charge is 0.491 e. The minimum atomic E-state index is -0.764. The van der Waals surface area contributed by atoms with Crippen LogP contribution in [-0.2, 0) is 5.54 Å². The number of carbonyl (C=O) groups excluding carboxylic acids is 1. The van der Waals surface area contributed by atoms with E-state index in [-0.39, 0.29) is 11.5 Å². The van der Waals surface area contributed by atoms with Gasteiger partial charge in [-0.15, -0.1) is 0 Å². The number of hydrogen-bond acceptors (Lipinski definition) is 7. The molecule has 3 rings (SSSR count). The van der Waals surface area contributed by atoms with Crippen LogP contribution in [0.4, 0.5) is 10.1 Å². The quantitative estimate of drug-likeness (QED) is 0.682. The molecule has 0 saturated carbocycles. The third-order valence-corrected chi connectivity index (χ3v) is 5.15. The first-order chi connectivity index (χ1) is 13.4. The molecule has 9 heteroatoms. The van der Waals surface area contributed by atoms with Crippen molar-refractivity contribution in [3.05, 3.63) is 53.6 Å². The zero-order chi connectivity index (χ0) is 20.1. The molecule has 7 nitrogen and oxygen atoms in total. The molecule has 0 unspecified atom stereocenters. The van der Waals surface area contributed by atoms with Crippen molar-refractivity contribution in [3.63, 3.8) is 0 Å². The Hall–Kier alpha value is -2.65. The standard InChI is InChI=1S/C19H22FN5O2S/c1-19(6-9-28-18(22)25-19)14-10-12(2-4-15(14)20)24-17(26)16-5-3-13(11-23-16)27-8-7-21/h2-5,10-11H,6-9,21H2,1H3,(H2,22,25)(H,24,26)/t19-/m0/s1. The lowest BCUT2D eigenvalue weighted by atomic mass is 9.89. The molecule has 2 aromatic rings. The number of aromatic nitrogens is 1. The molecule has 0 radical (unpaired) electrons. The molecule has 1 aromatic carbocycles. The Bertz CT molecular complexity index is 890. The predicted molar refractivity (Wildman–Crippen MR) is 109 cm³/mol. The summed E-state index contributed by atoms with van der Waals surface area (Å²) in [5.41, 5.74) is 11.5. The first kappa shape index (κ1) is 20.1. The van der Waals surface area contributed by atoms with Crippen LogP contribution in [0.3, 0.4) is 0 Å². The van der Waals surface area contributed by atoms with Gasteiger partial charge in [0.05, 0.1) is 11.7 Å². The van der Waals surface area contributed by atoms with Gasteiger partial charge in [-0.05, 0) is 43.7 Å². The SMILES string of the molecule is C[C@@]1(c2cc(NC(=O)c3ccc(OCCN)cn3)ccc2F)CCSC(N)=N1. The number of amides is 1. The Morgan fingerprint density at radius 2 is 2.21 bits per heavy atom. The van der Waals surface area contributed by atoms with E-state index in [1.165, 1.54) is 30.1 Å². The van der Waals surface area contributed by atoms with E-state index < -0.39 is 11.4 Å². The van der Waals surface area contributed by atoms with Gasteiger partial charge in [-0.2, -0.15) is 0 Å². The number of halogens is 1. The summed E-state index contributed by atoms with van der Waals surface area (Å²) in [6, 6.07) is 7.62. The molecular formula is C19H22FN5O2S. The molecule has 0 saturated heterocycles. The number of pyridine rings is 1. The summed E-state index contributed by atoms with van der Waals surface area (Å²) in [5, 5.41) is 3.18. The third kappa shape index (κ3) is 4.60. The second-order valence-corrected chi connectivity index (χ2v) is 7.60. The zero-order valence-corrected chi connectivity index (χ0v) is 16.3. The van der Waals surface area contributed by atoms with Gasteiger partial charge < -0.3 is 21.5 Å². The van der Waals surface area contributed by atoms with E-state index in [1.807, 2.05) is 6.92 Å². The van der Waals surface area contributed by atoms with Gasteiger partial charge in [-0.3, -0.25) is 9.79 Å². The van der Waals surface area contributed by atoms with Crippen LogP contribution in [0.15, 0.2) is 41.5 Å². The fourth-order valence-corrected chi connectivity index (χ4v) is 3.84. The number of amidine groups is 1. The molecule has 28 heavy (non-hydrogen) atoms. The number of carbonyl (C=O) groups is 1. The molecule has 148 valence electrons. The summed E-state index contributed by atoms with van der Waals surface area (Å²) in [6.45, 7) is 2.60. The molecule has 2 heterocycles. The van der Waals surface area contributed by atoms with Crippen LogP contribution in [0.1, 0.15) is 29.4 Å². The number of benzene rings is 1. The van der Waals surface area contributed by atoms with Gasteiger partial charge in [-0.1, -0.05) is 11.8 Å². The van der Waals surface area contributed by atoms with Crippen LogP contribution in [-0.4, -0.2) is 35.0 Å². The highest BCUT2D eigenvalue weighted by molar-refractivity contribution is 8.13. The average Bonchev–Trinajstić information content (AvgIpc) is 2.68. The van der Waals surface area contributed by atoms with Crippen molar-refractivity contribution >= 4 is 28.5 Å². The number of hydrogen-bond donors (Lipinski definition) is 3. The number of nitrogens with two attached hydrogens (primary N) is 2. The molecule has 0 aliphatic carbocycles. The fourth-order valence-electron chi connectivity index (χ4n) is 2.87. The Kier molecular flexibility index (Phi) is 6.15. The van der Waals surface area contributed by atoms with E-state index in [0.29, 0.717) is 41.7 Å². The number of aliphatic imine (C=N–C) groups is 1. The van der Waals surface area contributed by atoms with E-state index in [2.05, 4.69) is 15.3 Å². The lowest BCUT2D eigenvalue weighted by Gasteiger charge is -2.30. The molecule has 1 atom stereocenters. The highest BCUT2D eigenvalue weighted by atomic mass is 32.2. The summed E-state index contributed by atoms with van der Waals surface area (Å²) in [5.74, 6) is 0.494. The van der Waals surface area contributed by atoms with Crippen LogP contribution in [0.2, 0.25) is 0 Å². The van der Waals surface area contributed by atoms with Gasteiger partial charge in [0.25, 0.3) is 5.91 Å². The molecule has 0 bridgehead atoms. The molecule has 0 fully saturated rings. The predicted octanol–water partition coefficient (Wildman–Crippen LogP) is 2.48. The monoisotopic (exact) mass is 403 g/mol. The summed E-state index contributed by atoms with van der Waals surface area (Å²) in [6.07, 6.45) is 2.11. The topological polar surface area (TPSA) is 116 Å². The number of nitrogens with one attached hydrogen (secondary N) is 1. The second-order valence-electron chi connectivity index (χ2n) is 6.49. The van der Waals surface area contributed by atoms with E-state index >= 15 is 0 Å². The molecule has 1 aliphatic heterocycles. The fraction of sp³-hybridized carbons (Fsp3) is 0.316. The maximum absolute atomic E-state index is 14.5. The van der Waals surface area contributed by atoms with Gasteiger partial charge >= 0.3 is 0 Å². The normalized spacial score (nSPS) is 19.0. The van der Waals surface area contributed by atoms with Crippen molar-refractivity contribution < 1.29 is 13.9 Å². The van der Waals surface area contributed by atoms with Gasteiger partial charge in [0.1, 0.15) is 23.9 Å². The molecule has 1 amide bonds. The smallest absolute Gasteiger partial charge is 0.274 e. The van der Waals surface area contributed by atoms with E-state index in [4.69, 9.17) is 16.2 Å². The highest BCUT2D eigenvalue weighted by Crippen LogP contribution is 2.37. The van der Waals surface area contributed by atoms with Crippen LogP contribution in [0.5, 0.6) is 5.75 Å². The number of ether oxygens (including phenoxy) is 1. The molecular weight excluding hydrogens is 381 g/mol. The van der Waals surface area contributed by atoms with Crippen molar-refractivity contribution in [1.82, 2.24) is 4.98 Å². The second kappa shape index (κ2) is 8.57. The van der Waals surface area contributed by atoms with Gasteiger partial charge in [0.2, 0.25) is 0 Å². The molecule has 0 spiro atoms. The minimum Gasteiger partial charge on any atom is -0.491 e. The number of nitrogens with zero attached hydrogens (tertiary/aromatic N) is 2. The van der Waals surface area contributed by atoms with E-state index in [9.17, 15) is 9.18 Å². The first-order valence-electron chi connectivity index (χ1n) is 8.80. The summed E-state index contributed by atoms with van der Waals surface area (Å²) in [7, 11) is 0. The van der Waals surface area contributed by atoms with Crippen molar-refractivity contribution in [3.8, 4) is 5.75 Å².